The van der Waals surface area contributed by atoms with Gasteiger partial charge in [-0.15, -0.1) is 0 Å². The molecule has 0 radical (unpaired) electrons. The first-order valence-corrected chi connectivity index (χ1v) is 7.03. The Kier molecular flexibility index (Phi) is 5.47. The van der Waals surface area contributed by atoms with E-state index in [9.17, 15) is 17.6 Å². The Morgan fingerprint density at radius 3 is 2.33 bits per heavy atom. The first-order chi connectivity index (χ1) is 9.72. The van der Waals surface area contributed by atoms with Gasteiger partial charge in [-0.2, -0.15) is 0 Å². The van der Waals surface area contributed by atoms with Crippen molar-refractivity contribution in [2.24, 2.45) is 0 Å². The second-order valence-corrected chi connectivity index (χ2v) is 5.58. The van der Waals surface area contributed by atoms with Gasteiger partial charge in [0.2, 0.25) is 10.0 Å². The summed E-state index contributed by atoms with van der Waals surface area (Å²) in [6.07, 6.45) is -1.94. The molecular weight excluding hydrogens is 309 g/mol. The molecule has 21 heavy (non-hydrogen) atoms. The molecule has 0 spiro atoms. The predicted octanol–water partition coefficient (Wildman–Crippen LogP) is -0.433. The number of rotatable bonds is 7. The largest absolute Gasteiger partial charge is 0.493 e. The number of ether oxygens (including phenoxy) is 2. The Morgan fingerprint density at radius 1 is 1.33 bits per heavy atom. The van der Waals surface area contributed by atoms with E-state index in [2.05, 4.69) is 0 Å². The molecule has 0 bridgehead atoms. The van der Waals surface area contributed by atoms with Gasteiger partial charge in [-0.3, -0.25) is 0 Å². The molecule has 8 nitrogen and oxygen atoms in total. The van der Waals surface area contributed by atoms with Gasteiger partial charge in [-0.05, 0) is 0 Å². The highest BCUT2D eigenvalue weighted by Crippen LogP contribution is 2.31. The fourth-order valence-corrected chi connectivity index (χ4v) is 2.51. The van der Waals surface area contributed by atoms with Crippen LogP contribution >= 0.6 is 0 Å². The van der Waals surface area contributed by atoms with Crippen LogP contribution in [0.3, 0.4) is 0 Å². The number of hydrogen-bond acceptors (Lipinski definition) is 6. The normalized spacial score (nSPS) is 12.8. The average Bonchev–Trinajstić information content (AvgIpc) is 2.43. The molecule has 1 atom stereocenters. The first-order valence-electron chi connectivity index (χ1n) is 5.55. The summed E-state index contributed by atoms with van der Waals surface area (Å²) in [6.45, 7) is -0.800. The minimum Gasteiger partial charge on any atom is -0.493 e. The van der Waals surface area contributed by atoms with E-state index in [0.717, 1.165) is 12.1 Å². The monoisotopic (exact) mass is 323 g/mol. The van der Waals surface area contributed by atoms with Gasteiger partial charge in [0.25, 0.3) is 0 Å². The Labute approximate surface area is 120 Å². The van der Waals surface area contributed by atoms with E-state index in [1.165, 1.54) is 14.2 Å². The zero-order valence-electron chi connectivity index (χ0n) is 11.2. The number of nitrogens with one attached hydrogen (secondary N) is 1. The molecule has 0 fully saturated rings. The summed E-state index contributed by atoms with van der Waals surface area (Å²) in [4.78, 5) is 9.66. The molecule has 0 aromatic heterocycles. The van der Waals surface area contributed by atoms with Crippen LogP contribution in [0.4, 0.5) is 4.39 Å². The van der Waals surface area contributed by atoms with E-state index in [1.54, 1.807) is 4.72 Å². The van der Waals surface area contributed by atoms with Crippen molar-refractivity contribution in [1.29, 1.82) is 0 Å². The van der Waals surface area contributed by atoms with E-state index in [-0.39, 0.29) is 11.5 Å². The molecule has 0 heterocycles. The number of carboxylic acid groups (broad SMARTS) is 1. The lowest BCUT2D eigenvalue weighted by Gasteiger charge is -2.12. The number of carbonyl (C=O) groups is 1. The number of benzene rings is 1. The van der Waals surface area contributed by atoms with Gasteiger partial charge in [0.15, 0.2) is 17.6 Å². The lowest BCUT2D eigenvalue weighted by molar-refractivity contribution is -0.146. The van der Waals surface area contributed by atoms with Gasteiger partial charge in [-0.25, -0.2) is 22.3 Å². The molecule has 1 rings (SSSR count). The number of carboxylic acids is 1. The number of sulfonamides is 1. The summed E-state index contributed by atoms with van der Waals surface area (Å²) >= 11 is 0. The third kappa shape index (κ3) is 4.03. The average molecular weight is 323 g/mol. The van der Waals surface area contributed by atoms with Gasteiger partial charge in [0.05, 0.1) is 14.2 Å². The molecule has 1 aromatic rings. The molecule has 10 heteroatoms. The van der Waals surface area contributed by atoms with E-state index < -0.39 is 39.4 Å². The molecule has 1 aromatic carbocycles. The Hall–Kier alpha value is -1.91. The highest BCUT2D eigenvalue weighted by Gasteiger charge is 2.24. The number of aliphatic hydroxyl groups excluding tert-OH is 1. The van der Waals surface area contributed by atoms with Crippen LogP contribution in [0, 0.1) is 5.82 Å². The lowest BCUT2D eigenvalue weighted by Crippen LogP contribution is -2.36. The van der Waals surface area contributed by atoms with Crippen LogP contribution in [0.2, 0.25) is 0 Å². The van der Waals surface area contributed by atoms with Gasteiger partial charge in [-0.1, -0.05) is 0 Å². The Balaban J connectivity index is 3.11. The van der Waals surface area contributed by atoms with E-state index in [4.69, 9.17) is 19.7 Å². The molecule has 118 valence electrons. The summed E-state index contributed by atoms with van der Waals surface area (Å²) in [5.74, 6) is -2.73. The topological polar surface area (TPSA) is 122 Å². The molecule has 0 amide bonds. The minimum absolute atomic E-state index is 0.000444. The van der Waals surface area contributed by atoms with Gasteiger partial charge >= 0.3 is 5.97 Å². The van der Waals surface area contributed by atoms with Crippen molar-refractivity contribution in [2.45, 2.75) is 11.0 Å². The number of hydrogen-bond donors (Lipinski definition) is 3. The lowest BCUT2D eigenvalue weighted by atomic mass is 10.3. The SMILES string of the molecule is COc1cc(F)c(S(=O)(=O)NC[C@H](O)C(=O)O)cc1OC. The van der Waals surface area contributed by atoms with Crippen molar-refractivity contribution in [3.05, 3.63) is 17.9 Å². The van der Waals surface area contributed by atoms with Crippen LogP contribution in [0.25, 0.3) is 0 Å². The van der Waals surface area contributed by atoms with Gasteiger partial charge in [0.1, 0.15) is 10.7 Å². The maximum atomic E-state index is 13.8. The molecule has 0 saturated carbocycles. The van der Waals surface area contributed by atoms with Gasteiger partial charge in [0, 0.05) is 18.7 Å². The summed E-state index contributed by atoms with van der Waals surface area (Å²) in [7, 11) is -1.86. The molecule has 0 unspecified atom stereocenters. The van der Waals surface area contributed by atoms with Crippen LogP contribution in [0.15, 0.2) is 17.0 Å². The summed E-state index contributed by atoms with van der Waals surface area (Å²) in [5, 5.41) is 17.5. The summed E-state index contributed by atoms with van der Waals surface area (Å²) < 4.78 is 49.1. The summed E-state index contributed by atoms with van der Waals surface area (Å²) in [5.41, 5.74) is 0. The van der Waals surface area contributed by atoms with Crippen molar-refractivity contribution in [1.82, 2.24) is 4.72 Å². The standard InChI is InChI=1S/C11H14FNO7S/c1-19-8-3-6(12)10(4-9(8)20-2)21(17,18)13-5-7(14)11(15)16/h3-4,7,13-14H,5H2,1-2H3,(H,15,16)/t7-/m0/s1. The fourth-order valence-electron chi connectivity index (χ4n) is 1.40. The van der Waals surface area contributed by atoms with Crippen molar-refractivity contribution < 1.29 is 37.3 Å². The van der Waals surface area contributed by atoms with Crippen LogP contribution in [-0.2, 0) is 14.8 Å². The maximum absolute atomic E-state index is 13.8. The molecular formula is C11H14FNO7S. The second kappa shape index (κ2) is 6.70. The second-order valence-electron chi connectivity index (χ2n) is 3.84. The van der Waals surface area contributed by atoms with E-state index >= 15 is 0 Å². The summed E-state index contributed by atoms with van der Waals surface area (Å²) in [6, 6.07) is 1.71. The van der Waals surface area contributed by atoms with Crippen LogP contribution < -0.4 is 14.2 Å². The predicted molar refractivity (Wildman–Crippen MR) is 68.3 cm³/mol. The molecule has 0 aliphatic rings. The van der Waals surface area contributed by atoms with Crippen LogP contribution in [0.5, 0.6) is 11.5 Å². The number of aliphatic hydroxyl groups is 1. The highest BCUT2D eigenvalue weighted by molar-refractivity contribution is 7.89. The minimum atomic E-state index is -4.36. The number of aliphatic carboxylic acids is 1. The molecule has 0 saturated heterocycles. The highest BCUT2D eigenvalue weighted by atomic mass is 32.2. The van der Waals surface area contributed by atoms with E-state index in [0.29, 0.717) is 0 Å². The van der Waals surface area contributed by atoms with Crippen molar-refractivity contribution in [3.8, 4) is 11.5 Å². The van der Waals surface area contributed by atoms with Crippen LogP contribution in [0.1, 0.15) is 0 Å². The third-order valence-electron chi connectivity index (χ3n) is 2.48. The van der Waals surface area contributed by atoms with Crippen molar-refractivity contribution in [3.63, 3.8) is 0 Å². The smallest absolute Gasteiger partial charge is 0.333 e. The third-order valence-corrected chi connectivity index (χ3v) is 3.92. The zero-order chi connectivity index (χ0) is 16.2. The fraction of sp³-hybridized carbons (Fsp3) is 0.364. The first kappa shape index (κ1) is 17.1. The van der Waals surface area contributed by atoms with Crippen LogP contribution in [-0.4, -0.2) is 51.5 Å². The zero-order valence-corrected chi connectivity index (χ0v) is 12.0. The number of methoxy groups -OCH3 is 2. The Morgan fingerprint density at radius 2 is 1.86 bits per heavy atom. The van der Waals surface area contributed by atoms with Crippen molar-refractivity contribution in [2.75, 3.05) is 20.8 Å². The molecule has 0 aliphatic carbocycles. The van der Waals surface area contributed by atoms with E-state index in [1.807, 2.05) is 0 Å². The molecule has 0 aliphatic heterocycles. The van der Waals surface area contributed by atoms with Gasteiger partial charge < -0.3 is 19.7 Å². The quantitative estimate of drug-likeness (QED) is 0.622. The molecule has 3 N–H and O–H groups in total. The maximum Gasteiger partial charge on any atom is 0.333 e. The van der Waals surface area contributed by atoms with Crippen molar-refractivity contribution >= 4 is 16.0 Å². The Bertz CT molecular complexity index is 632. The number of halogens is 1.